The van der Waals surface area contributed by atoms with Gasteiger partial charge in [0, 0.05) is 36.8 Å². The summed E-state index contributed by atoms with van der Waals surface area (Å²) in [6, 6.07) is 8.59. The summed E-state index contributed by atoms with van der Waals surface area (Å²) in [5.74, 6) is 0.273. The summed E-state index contributed by atoms with van der Waals surface area (Å²) in [6.07, 6.45) is 3.32. The molecular formula is C15H17N3O3. The van der Waals surface area contributed by atoms with Gasteiger partial charge in [-0.25, -0.2) is 0 Å². The lowest BCUT2D eigenvalue weighted by Crippen LogP contribution is -2.08. The van der Waals surface area contributed by atoms with Gasteiger partial charge >= 0.3 is 5.69 Å². The van der Waals surface area contributed by atoms with Gasteiger partial charge in [-0.15, -0.1) is 0 Å². The van der Waals surface area contributed by atoms with Crippen LogP contribution in [0, 0.1) is 10.1 Å². The van der Waals surface area contributed by atoms with E-state index in [0.717, 1.165) is 11.3 Å². The molecule has 0 amide bonds. The van der Waals surface area contributed by atoms with Crippen molar-refractivity contribution in [3.05, 3.63) is 58.4 Å². The third-order valence-corrected chi connectivity index (χ3v) is 2.77. The SMILES string of the molecule is CC(C)Oc1cc(NCc2ccncc2)ccc1[N+](=O)[O-]. The number of rotatable bonds is 6. The molecule has 1 heterocycles. The maximum Gasteiger partial charge on any atom is 0.311 e. The number of anilines is 1. The Morgan fingerprint density at radius 2 is 2.00 bits per heavy atom. The third kappa shape index (κ3) is 4.17. The van der Waals surface area contributed by atoms with Crippen molar-refractivity contribution in [3.63, 3.8) is 0 Å². The summed E-state index contributed by atoms with van der Waals surface area (Å²) >= 11 is 0. The van der Waals surface area contributed by atoms with E-state index in [0.29, 0.717) is 6.54 Å². The van der Waals surface area contributed by atoms with Crippen molar-refractivity contribution in [1.82, 2.24) is 4.98 Å². The number of nitro benzene ring substituents is 1. The van der Waals surface area contributed by atoms with E-state index in [1.165, 1.54) is 6.07 Å². The van der Waals surface area contributed by atoms with Gasteiger partial charge in [0.2, 0.25) is 0 Å². The molecule has 0 bridgehead atoms. The average molecular weight is 287 g/mol. The lowest BCUT2D eigenvalue weighted by Gasteiger charge is -2.12. The molecule has 0 saturated heterocycles. The number of nitrogens with one attached hydrogen (secondary N) is 1. The molecule has 1 aromatic carbocycles. The fraction of sp³-hybridized carbons (Fsp3) is 0.267. The summed E-state index contributed by atoms with van der Waals surface area (Å²) < 4.78 is 5.51. The molecule has 0 aliphatic carbocycles. The number of hydrogen-bond donors (Lipinski definition) is 1. The van der Waals surface area contributed by atoms with Gasteiger partial charge in [-0.2, -0.15) is 0 Å². The lowest BCUT2D eigenvalue weighted by molar-refractivity contribution is -0.386. The summed E-state index contributed by atoms with van der Waals surface area (Å²) in [5.41, 5.74) is 1.82. The van der Waals surface area contributed by atoms with Crippen LogP contribution in [0.3, 0.4) is 0 Å². The highest BCUT2D eigenvalue weighted by Crippen LogP contribution is 2.31. The van der Waals surface area contributed by atoms with Crippen LogP contribution >= 0.6 is 0 Å². The summed E-state index contributed by atoms with van der Waals surface area (Å²) in [5, 5.41) is 14.2. The molecule has 2 aromatic rings. The van der Waals surface area contributed by atoms with E-state index in [1.54, 1.807) is 24.5 Å². The quantitative estimate of drug-likeness (QED) is 0.651. The molecule has 6 heteroatoms. The van der Waals surface area contributed by atoms with Crippen molar-refractivity contribution in [1.29, 1.82) is 0 Å². The molecule has 0 saturated carbocycles. The Hall–Kier alpha value is -2.63. The average Bonchev–Trinajstić information content (AvgIpc) is 2.45. The molecule has 110 valence electrons. The predicted molar refractivity (Wildman–Crippen MR) is 80.4 cm³/mol. The molecule has 1 aromatic heterocycles. The van der Waals surface area contributed by atoms with E-state index in [-0.39, 0.29) is 17.5 Å². The first-order chi connectivity index (χ1) is 10.1. The fourth-order valence-electron chi connectivity index (χ4n) is 1.83. The smallest absolute Gasteiger partial charge is 0.311 e. The number of hydrogen-bond acceptors (Lipinski definition) is 5. The standard InChI is InChI=1S/C15H17N3O3/c1-11(2)21-15-9-13(3-4-14(15)18(19)20)17-10-12-5-7-16-8-6-12/h3-9,11,17H,10H2,1-2H3. The van der Waals surface area contributed by atoms with E-state index in [1.807, 2.05) is 26.0 Å². The molecule has 0 atom stereocenters. The van der Waals surface area contributed by atoms with Gasteiger partial charge in [0.1, 0.15) is 0 Å². The first-order valence-electron chi connectivity index (χ1n) is 6.64. The molecule has 1 N–H and O–H groups in total. The molecule has 0 fully saturated rings. The molecule has 0 aliphatic heterocycles. The zero-order valence-electron chi connectivity index (χ0n) is 11.9. The summed E-state index contributed by atoms with van der Waals surface area (Å²) in [6.45, 7) is 4.28. The van der Waals surface area contributed by atoms with Crippen LogP contribution in [0.2, 0.25) is 0 Å². The second kappa shape index (κ2) is 6.69. The van der Waals surface area contributed by atoms with Crippen molar-refractivity contribution >= 4 is 11.4 Å². The Morgan fingerprint density at radius 3 is 2.62 bits per heavy atom. The third-order valence-electron chi connectivity index (χ3n) is 2.77. The summed E-state index contributed by atoms with van der Waals surface area (Å²) in [7, 11) is 0. The summed E-state index contributed by atoms with van der Waals surface area (Å²) in [4.78, 5) is 14.5. The van der Waals surface area contributed by atoms with Crippen molar-refractivity contribution < 1.29 is 9.66 Å². The fourth-order valence-corrected chi connectivity index (χ4v) is 1.83. The van der Waals surface area contributed by atoms with E-state index in [2.05, 4.69) is 10.3 Å². The van der Waals surface area contributed by atoms with Crippen LogP contribution in [-0.4, -0.2) is 16.0 Å². The largest absolute Gasteiger partial charge is 0.484 e. The number of benzene rings is 1. The topological polar surface area (TPSA) is 77.3 Å². The van der Waals surface area contributed by atoms with Crippen LogP contribution in [0.1, 0.15) is 19.4 Å². The second-order valence-electron chi connectivity index (χ2n) is 4.82. The minimum Gasteiger partial charge on any atom is -0.484 e. The molecule has 6 nitrogen and oxygen atoms in total. The van der Waals surface area contributed by atoms with Crippen LogP contribution in [0.5, 0.6) is 5.75 Å². The Morgan fingerprint density at radius 1 is 1.29 bits per heavy atom. The molecule has 0 radical (unpaired) electrons. The van der Waals surface area contributed by atoms with Gasteiger partial charge < -0.3 is 10.1 Å². The Balaban J connectivity index is 2.15. The first-order valence-corrected chi connectivity index (χ1v) is 6.64. The van der Waals surface area contributed by atoms with Crippen LogP contribution in [0.4, 0.5) is 11.4 Å². The van der Waals surface area contributed by atoms with Gasteiger partial charge in [-0.3, -0.25) is 15.1 Å². The van der Waals surface area contributed by atoms with Crippen LogP contribution < -0.4 is 10.1 Å². The maximum atomic E-state index is 11.0. The maximum absolute atomic E-state index is 11.0. The zero-order valence-corrected chi connectivity index (χ0v) is 11.9. The van der Waals surface area contributed by atoms with Crippen LogP contribution in [-0.2, 0) is 6.54 Å². The Bertz CT molecular complexity index is 615. The Labute approximate surface area is 122 Å². The van der Waals surface area contributed by atoms with Gasteiger partial charge in [-0.05, 0) is 37.6 Å². The highest BCUT2D eigenvalue weighted by Gasteiger charge is 2.16. The van der Waals surface area contributed by atoms with E-state index < -0.39 is 4.92 Å². The van der Waals surface area contributed by atoms with Gasteiger partial charge in [0.05, 0.1) is 11.0 Å². The number of pyridine rings is 1. The molecule has 0 unspecified atom stereocenters. The minimum absolute atomic E-state index is 0.0295. The normalized spacial score (nSPS) is 10.4. The first kappa shape index (κ1) is 14.8. The van der Waals surface area contributed by atoms with Gasteiger partial charge in [0.15, 0.2) is 5.75 Å². The molecule has 2 rings (SSSR count). The van der Waals surface area contributed by atoms with Crippen LogP contribution in [0.25, 0.3) is 0 Å². The highest BCUT2D eigenvalue weighted by atomic mass is 16.6. The van der Waals surface area contributed by atoms with Crippen molar-refractivity contribution in [2.45, 2.75) is 26.5 Å². The highest BCUT2D eigenvalue weighted by molar-refractivity contribution is 5.58. The van der Waals surface area contributed by atoms with Crippen molar-refractivity contribution in [2.24, 2.45) is 0 Å². The molecular weight excluding hydrogens is 270 g/mol. The van der Waals surface area contributed by atoms with Crippen molar-refractivity contribution in [2.75, 3.05) is 5.32 Å². The minimum atomic E-state index is -0.440. The van der Waals surface area contributed by atoms with Crippen LogP contribution in [0.15, 0.2) is 42.7 Å². The number of nitrogens with zero attached hydrogens (tertiary/aromatic N) is 2. The predicted octanol–water partition coefficient (Wildman–Crippen LogP) is 3.39. The van der Waals surface area contributed by atoms with E-state index in [4.69, 9.17) is 4.74 Å². The van der Waals surface area contributed by atoms with Gasteiger partial charge in [-0.1, -0.05) is 0 Å². The zero-order chi connectivity index (χ0) is 15.2. The number of ether oxygens (including phenoxy) is 1. The Kier molecular flexibility index (Phi) is 4.71. The van der Waals surface area contributed by atoms with Crippen molar-refractivity contribution in [3.8, 4) is 5.75 Å². The molecule has 0 aliphatic rings. The second-order valence-corrected chi connectivity index (χ2v) is 4.82. The lowest BCUT2D eigenvalue weighted by atomic mass is 10.2. The number of nitro groups is 1. The monoisotopic (exact) mass is 287 g/mol. The molecule has 0 spiro atoms. The van der Waals surface area contributed by atoms with Gasteiger partial charge in [0.25, 0.3) is 0 Å². The van der Waals surface area contributed by atoms with E-state index in [9.17, 15) is 10.1 Å². The number of aromatic nitrogens is 1. The van der Waals surface area contributed by atoms with E-state index >= 15 is 0 Å². The molecule has 21 heavy (non-hydrogen) atoms.